The van der Waals surface area contributed by atoms with Crippen molar-refractivity contribution in [2.24, 2.45) is 0 Å². The van der Waals surface area contributed by atoms with Crippen LogP contribution < -0.4 is 0 Å². The SMILES string of the molecule is C[C@H]1CC[C@@H](c2ccccc2)S(=O)(=O)N1Cc1ccc(C2(O)CCS(=O)(=O)CC2)cc1F. The van der Waals surface area contributed by atoms with Gasteiger partial charge in [0.2, 0.25) is 10.0 Å². The highest BCUT2D eigenvalue weighted by atomic mass is 32.2. The Balaban J connectivity index is 1.58. The summed E-state index contributed by atoms with van der Waals surface area (Å²) in [5.74, 6) is -0.886. The predicted octanol–water partition coefficient (Wildman–Crippen LogP) is 3.28. The summed E-state index contributed by atoms with van der Waals surface area (Å²) >= 11 is 0. The molecule has 4 rings (SSSR count). The third kappa shape index (κ3) is 4.48. The summed E-state index contributed by atoms with van der Waals surface area (Å²) in [5, 5.41) is 10.2. The lowest BCUT2D eigenvalue weighted by molar-refractivity contribution is 0.0260. The Hall–Kier alpha value is -1.81. The zero-order valence-electron chi connectivity index (χ0n) is 17.9. The number of sulfonamides is 1. The van der Waals surface area contributed by atoms with Crippen molar-refractivity contribution in [3.05, 3.63) is 71.0 Å². The molecule has 9 heteroatoms. The maximum atomic E-state index is 15.0. The zero-order chi connectivity index (χ0) is 23.1. The minimum absolute atomic E-state index is 0.0183. The largest absolute Gasteiger partial charge is 0.385 e. The predicted molar refractivity (Wildman–Crippen MR) is 121 cm³/mol. The molecule has 1 N–H and O–H groups in total. The van der Waals surface area contributed by atoms with Gasteiger partial charge in [-0.2, -0.15) is 4.31 Å². The average Bonchev–Trinajstić information content (AvgIpc) is 2.75. The molecule has 2 aromatic carbocycles. The first kappa shape index (κ1) is 23.4. The summed E-state index contributed by atoms with van der Waals surface area (Å²) < 4.78 is 66.5. The monoisotopic (exact) mass is 481 g/mol. The second-order valence-electron chi connectivity index (χ2n) is 8.91. The second kappa shape index (κ2) is 8.52. The molecular formula is C23H28FNO5S2. The molecule has 32 heavy (non-hydrogen) atoms. The highest BCUT2D eigenvalue weighted by Gasteiger charge is 2.41. The minimum Gasteiger partial charge on any atom is -0.385 e. The molecule has 2 aliphatic rings. The van der Waals surface area contributed by atoms with Crippen LogP contribution in [0.4, 0.5) is 4.39 Å². The van der Waals surface area contributed by atoms with Crippen LogP contribution in [0.1, 0.15) is 54.5 Å². The molecule has 2 atom stereocenters. The summed E-state index contributed by atoms with van der Waals surface area (Å²) in [7, 11) is -6.86. The van der Waals surface area contributed by atoms with Gasteiger partial charge in [-0.05, 0) is 49.8 Å². The lowest BCUT2D eigenvalue weighted by Gasteiger charge is -2.37. The highest BCUT2D eigenvalue weighted by Crippen LogP contribution is 2.39. The Morgan fingerprint density at radius 2 is 1.69 bits per heavy atom. The molecule has 2 fully saturated rings. The van der Waals surface area contributed by atoms with Gasteiger partial charge in [0.05, 0.1) is 17.1 Å². The minimum atomic E-state index is -3.69. The fourth-order valence-corrected chi connectivity index (χ4v) is 8.34. The van der Waals surface area contributed by atoms with Crippen molar-refractivity contribution >= 4 is 19.9 Å². The first-order chi connectivity index (χ1) is 15.0. The van der Waals surface area contributed by atoms with Gasteiger partial charge in [0.25, 0.3) is 0 Å². The summed E-state index contributed by atoms with van der Waals surface area (Å²) in [6.07, 6.45) is 1.23. The smallest absolute Gasteiger partial charge is 0.221 e. The van der Waals surface area contributed by atoms with Crippen LogP contribution in [-0.4, -0.2) is 43.8 Å². The molecule has 174 valence electrons. The number of hydrogen-bond acceptors (Lipinski definition) is 5. The zero-order valence-corrected chi connectivity index (χ0v) is 19.6. The summed E-state index contributed by atoms with van der Waals surface area (Å²) in [6, 6.07) is 13.1. The van der Waals surface area contributed by atoms with E-state index in [1.165, 1.54) is 16.4 Å². The van der Waals surface area contributed by atoms with Gasteiger partial charge in [0.15, 0.2) is 9.84 Å². The second-order valence-corrected chi connectivity index (χ2v) is 13.3. The summed E-state index contributed by atoms with van der Waals surface area (Å²) in [6.45, 7) is 1.74. The average molecular weight is 482 g/mol. The topological polar surface area (TPSA) is 91.8 Å². The van der Waals surface area contributed by atoms with Gasteiger partial charge in [-0.3, -0.25) is 0 Å². The lowest BCUT2D eigenvalue weighted by Crippen LogP contribution is -2.44. The van der Waals surface area contributed by atoms with E-state index in [9.17, 15) is 21.9 Å². The van der Waals surface area contributed by atoms with Gasteiger partial charge in [-0.15, -0.1) is 0 Å². The third-order valence-electron chi connectivity index (χ3n) is 6.77. The van der Waals surface area contributed by atoms with Gasteiger partial charge < -0.3 is 5.11 Å². The highest BCUT2D eigenvalue weighted by molar-refractivity contribution is 7.91. The maximum absolute atomic E-state index is 15.0. The molecule has 2 heterocycles. The van der Waals surface area contributed by atoms with Crippen LogP contribution in [0, 0.1) is 5.82 Å². The van der Waals surface area contributed by atoms with E-state index in [1.54, 1.807) is 18.2 Å². The molecule has 0 saturated carbocycles. The van der Waals surface area contributed by atoms with Crippen molar-refractivity contribution in [2.75, 3.05) is 11.5 Å². The van der Waals surface area contributed by atoms with Crippen molar-refractivity contribution in [1.29, 1.82) is 0 Å². The van der Waals surface area contributed by atoms with Gasteiger partial charge in [0, 0.05) is 18.2 Å². The van der Waals surface area contributed by atoms with E-state index < -0.39 is 36.5 Å². The Labute approximate surface area is 189 Å². The fourth-order valence-electron chi connectivity index (χ4n) is 4.65. The van der Waals surface area contributed by atoms with Crippen molar-refractivity contribution in [2.45, 2.75) is 56.0 Å². The van der Waals surface area contributed by atoms with Crippen LogP contribution >= 0.6 is 0 Å². The number of sulfone groups is 1. The fraction of sp³-hybridized carbons (Fsp3) is 0.478. The number of halogens is 1. The summed E-state index contributed by atoms with van der Waals surface area (Å²) in [4.78, 5) is 0. The van der Waals surface area contributed by atoms with Crippen LogP contribution in [0.3, 0.4) is 0 Å². The van der Waals surface area contributed by atoms with E-state index in [0.29, 0.717) is 18.4 Å². The van der Waals surface area contributed by atoms with Crippen LogP contribution in [0.5, 0.6) is 0 Å². The molecule has 0 radical (unpaired) electrons. The lowest BCUT2D eigenvalue weighted by atomic mass is 9.87. The number of hydrogen-bond donors (Lipinski definition) is 1. The Kier molecular flexibility index (Phi) is 6.21. The quantitative estimate of drug-likeness (QED) is 0.724. The van der Waals surface area contributed by atoms with E-state index in [4.69, 9.17) is 0 Å². The van der Waals surface area contributed by atoms with Crippen LogP contribution in [0.2, 0.25) is 0 Å². The van der Waals surface area contributed by atoms with Crippen LogP contribution in [0.25, 0.3) is 0 Å². The Bertz CT molecular complexity index is 1180. The van der Waals surface area contributed by atoms with E-state index >= 15 is 4.39 Å². The first-order valence-corrected chi connectivity index (χ1v) is 14.1. The van der Waals surface area contributed by atoms with E-state index in [-0.39, 0.29) is 42.5 Å². The number of nitrogens with zero attached hydrogens (tertiary/aromatic N) is 1. The molecule has 0 aromatic heterocycles. The first-order valence-electron chi connectivity index (χ1n) is 10.8. The third-order valence-corrected chi connectivity index (χ3v) is 10.8. The van der Waals surface area contributed by atoms with Crippen molar-refractivity contribution in [1.82, 2.24) is 4.31 Å². The molecule has 6 nitrogen and oxygen atoms in total. The molecule has 2 saturated heterocycles. The van der Waals surface area contributed by atoms with Crippen molar-refractivity contribution < 1.29 is 26.3 Å². The standard InChI is InChI=1S/C23H28FNO5S2/c1-17-7-10-22(18-5-3-2-4-6-18)32(29,30)25(17)16-19-8-9-20(15-21(19)24)23(26)11-13-31(27,28)14-12-23/h2-6,8-9,15,17,22,26H,7,10-14,16H2,1H3/t17-,22-/m0/s1. The van der Waals surface area contributed by atoms with Gasteiger partial charge in [0.1, 0.15) is 11.1 Å². The number of aliphatic hydroxyl groups is 1. The Morgan fingerprint density at radius 1 is 1.03 bits per heavy atom. The maximum Gasteiger partial charge on any atom is 0.221 e. The molecule has 0 aliphatic carbocycles. The van der Waals surface area contributed by atoms with Crippen LogP contribution in [-0.2, 0) is 32.0 Å². The van der Waals surface area contributed by atoms with Gasteiger partial charge >= 0.3 is 0 Å². The van der Waals surface area contributed by atoms with Crippen molar-refractivity contribution in [3.8, 4) is 0 Å². The van der Waals surface area contributed by atoms with Crippen LogP contribution in [0.15, 0.2) is 48.5 Å². The molecule has 2 aliphatic heterocycles. The molecular weight excluding hydrogens is 453 g/mol. The van der Waals surface area contributed by atoms with E-state index in [1.807, 2.05) is 25.1 Å². The number of rotatable bonds is 4. The molecule has 0 amide bonds. The number of benzene rings is 2. The Morgan fingerprint density at radius 3 is 2.31 bits per heavy atom. The molecule has 0 spiro atoms. The van der Waals surface area contributed by atoms with Gasteiger partial charge in [-0.25, -0.2) is 21.2 Å². The normalized spacial score (nSPS) is 27.1. The molecule has 0 bridgehead atoms. The van der Waals surface area contributed by atoms with E-state index in [0.717, 1.165) is 5.56 Å². The molecule has 0 unspecified atom stereocenters. The van der Waals surface area contributed by atoms with E-state index in [2.05, 4.69) is 0 Å². The summed E-state index contributed by atoms with van der Waals surface area (Å²) in [5.41, 5.74) is -0.113. The van der Waals surface area contributed by atoms with Gasteiger partial charge in [-0.1, -0.05) is 42.5 Å². The molecule has 2 aromatic rings. The van der Waals surface area contributed by atoms with Crippen molar-refractivity contribution in [3.63, 3.8) is 0 Å².